The van der Waals surface area contributed by atoms with Crippen LogP contribution in [0.4, 0.5) is 0 Å². The normalized spacial score (nSPS) is 10.7. The molecule has 0 radical (unpaired) electrons. The Morgan fingerprint density at radius 3 is 2.45 bits per heavy atom. The van der Waals surface area contributed by atoms with Gasteiger partial charge in [0.2, 0.25) is 0 Å². The van der Waals surface area contributed by atoms with Crippen LogP contribution in [0.5, 0.6) is 0 Å². The predicted molar refractivity (Wildman–Crippen MR) is 79.0 cm³/mol. The fourth-order valence-electron chi connectivity index (χ4n) is 2.06. The van der Waals surface area contributed by atoms with E-state index in [0.717, 1.165) is 11.1 Å². The zero-order valence-electron chi connectivity index (χ0n) is 10.6. The van der Waals surface area contributed by atoms with Crippen molar-refractivity contribution in [3.8, 4) is 11.1 Å². The number of halogens is 1. The van der Waals surface area contributed by atoms with Gasteiger partial charge in [-0.15, -0.1) is 0 Å². The lowest BCUT2D eigenvalue weighted by Crippen LogP contribution is -1.99. The molecule has 3 nitrogen and oxygen atoms in total. The Morgan fingerprint density at radius 2 is 1.70 bits per heavy atom. The van der Waals surface area contributed by atoms with E-state index in [1.807, 2.05) is 54.6 Å². The molecule has 0 aliphatic rings. The molecule has 0 atom stereocenters. The predicted octanol–water partition coefficient (Wildman–Crippen LogP) is 3.81. The monoisotopic (exact) mass is 285 g/mol. The highest BCUT2D eigenvalue weighted by Gasteiger charge is 2.10. The molecule has 0 bridgehead atoms. The first kappa shape index (κ1) is 12.8. The van der Waals surface area contributed by atoms with Gasteiger partial charge in [-0.2, -0.15) is 0 Å². The third-order valence-corrected chi connectivity index (χ3v) is 3.43. The molecule has 0 N–H and O–H groups in total. The van der Waals surface area contributed by atoms with Crippen LogP contribution in [0, 0.1) is 0 Å². The van der Waals surface area contributed by atoms with E-state index in [-0.39, 0.29) is 5.63 Å². The van der Waals surface area contributed by atoms with Gasteiger partial charge in [-0.05, 0) is 17.2 Å². The van der Waals surface area contributed by atoms with Crippen molar-refractivity contribution >= 4 is 11.6 Å². The summed E-state index contributed by atoms with van der Waals surface area (Å²) >= 11 is 6.10. The van der Waals surface area contributed by atoms with Crippen molar-refractivity contribution in [3.63, 3.8) is 0 Å². The van der Waals surface area contributed by atoms with Gasteiger partial charge in [0.25, 0.3) is 0 Å². The first-order valence-corrected chi connectivity index (χ1v) is 6.61. The second-order valence-corrected chi connectivity index (χ2v) is 4.86. The Morgan fingerprint density at radius 1 is 1.00 bits per heavy atom. The van der Waals surface area contributed by atoms with Crippen LogP contribution < -0.4 is 5.63 Å². The highest BCUT2D eigenvalue weighted by atomic mass is 35.5. The van der Waals surface area contributed by atoms with Crippen molar-refractivity contribution < 1.29 is 4.52 Å². The summed E-state index contributed by atoms with van der Waals surface area (Å²) in [5.41, 5.74) is 1.97. The molecule has 0 saturated carbocycles. The summed E-state index contributed by atoms with van der Waals surface area (Å²) in [6.45, 7) is 0.432. The topological polar surface area (TPSA) is 35.1 Å². The minimum atomic E-state index is -0.344. The van der Waals surface area contributed by atoms with Gasteiger partial charge in [0, 0.05) is 5.02 Å². The van der Waals surface area contributed by atoms with Gasteiger partial charge in [0.1, 0.15) is 0 Å². The Balaban J connectivity index is 1.94. The third kappa shape index (κ3) is 2.53. The molecular weight excluding hydrogens is 274 g/mol. The summed E-state index contributed by atoms with van der Waals surface area (Å²) in [6, 6.07) is 16.9. The summed E-state index contributed by atoms with van der Waals surface area (Å²) in [4.78, 5) is 11.9. The Hall–Kier alpha value is -2.26. The molecule has 0 saturated heterocycles. The van der Waals surface area contributed by atoms with E-state index < -0.39 is 0 Å². The van der Waals surface area contributed by atoms with E-state index in [4.69, 9.17) is 16.1 Å². The minimum absolute atomic E-state index is 0.344. The van der Waals surface area contributed by atoms with Crippen LogP contribution in [0.1, 0.15) is 5.56 Å². The lowest BCUT2D eigenvalue weighted by atomic mass is 10.1. The molecule has 3 rings (SSSR count). The molecule has 100 valence electrons. The van der Waals surface area contributed by atoms with Crippen LogP contribution in [0.2, 0.25) is 5.02 Å². The zero-order chi connectivity index (χ0) is 13.9. The molecule has 1 heterocycles. The Bertz CT molecular complexity index is 774. The molecule has 0 unspecified atom stereocenters. The fraction of sp³-hybridized carbons (Fsp3) is 0.0625. The highest BCUT2D eigenvalue weighted by Crippen LogP contribution is 2.18. The van der Waals surface area contributed by atoms with Crippen molar-refractivity contribution in [1.82, 2.24) is 4.74 Å². The molecule has 1 aromatic heterocycles. The third-order valence-electron chi connectivity index (χ3n) is 3.06. The van der Waals surface area contributed by atoms with Crippen LogP contribution in [-0.4, -0.2) is 4.74 Å². The zero-order valence-corrected chi connectivity index (χ0v) is 11.4. The van der Waals surface area contributed by atoms with Gasteiger partial charge in [0.05, 0.1) is 18.3 Å². The van der Waals surface area contributed by atoms with Crippen molar-refractivity contribution in [2.24, 2.45) is 0 Å². The molecule has 0 amide bonds. The molecular formula is C16H12ClNO2. The maximum atomic E-state index is 11.9. The number of rotatable bonds is 3. The minimum Gasteiger partial charge on any atom is -0.335 e. The van der Waals surface area contributed by atoms with Gasteiger partial charge in [0.15, 0.2) is 0 Å². The second kappa shape index (κ2) is 5.39. The molecule has 0 aliphatic heterocycles. The standard InChI is InChI=1S/C16H12ClNO2/c17-15-9-5-4-8-13(15)10-18-11-14(16(19)20-18)12-6-2-1-3-7-12/h1-9,11H,10H2. The maximum absolute atomic E-state index is 11.9. The van der Waals surface area contributed by atoms with E-state index in [1.165, 1.54) is 4.74 Å². The summed E-state index contributed by atoms with van der Waals surface area (Å²) < 4.78 is 6.74. The van der Waals surface area contributed by atoms with Gasteiger partial charge in [-0.3, -0.25) is 0 Å². The lowest BCUT2D eigenvalue weighted by Gasteiger charge is -2.02. The summed E-state index contributed by atoms with van der Waals surface area (Å²) in [5.74, 6) is 0. The molecule has 20 heavy (non-hydrogen) atoms. The Kier molecular flexibility index (Phi) is 3.44. The molecule has 3 aromatic rings. The highest BCUT2D eigenvalue weighted by molar-refractivity contribution is 6.31. The van der Waals surface area contributed by atoms with E-state index >= 15 is 0 Å². The van der Waals surface area contributed by atoms with E-state index in [1.54, 1.807) is 6.20 Å². The number of hydrogen-bond donors (Lipinski definition) is 0. The van der Waals surface area contributed by atoms with Crippen LogP contribution in [0.3, 0.4) is 0 Å². The van der Waals surface area contributed by atoms with Crippen LogP contribution in [-0.2, 0) is 6.54 Å². The quantitative estimate of drug-likeness (QED) is 0.733. The van der Waals surface area contributed by atoms with E-state index in [9.17, 15) is 4.79 Å². The average molecular weight is 286 g/mol. The van der Waals surface area contributed by atoms with E-state index in [0.29, 0.717) is 17.1 Å². The molecule has 0 fully saturated rings. The molecule has 0 spiro atoms. The first-order valence-electron chi connectivity index (χ1n) is 6.23. The van der Waals surface area contributed by atoms with Gasteiger partial charge < -0.3 is 4.52 Å². The summed E-state index contributed by atoms with van der Waals surface area (Å²) in [5, 5.41) is 0.658. The first-order chi connectivity index (χ1) is 9.74. The van der Waals surface area contributed by atoms with Crippen LogP contribution in [0.25, 0.3) is 11.1 Å². The largest absolute Gasteiger partial charge is 0.365 e. The number of nitrogens with zero attached hydrogens (tertiary/aromatic N) is 1. The molecule has 2 aromatic carbocycles. The SMILES string of the molecule is O=c1on(Cc2ccccc2Cl)cc1-c1ccccc1. The average Bonchev–Trinajstić information content (AvgIpc) is 2.83. The van der Waals surface area contributed by atoms with E-state index in [2.05, 4.69) is 0 Å². The van der Waals surface area contributed by atoms with Gasteiger partial charge >= 0.3 is 5.63 Å². The van der Waals surface area contributed by atoms with Gasteiger partial charge in [-0.1, -0.05) is 60.1 Å². The van der Waals surface area contributed by atoms with Crippen molar-refractivity contribution in [2.75, 3.05) is 0 Å². The number of aromatic nitrogens is 1. The number of hydrogen-bond acceptors (Lipinski definition) is 2. The van der Waals surface area contributed by atoms with Crippen molar-refractivity contribution in [3.05, 3.63) is 81.8 Å². The Labute approximate surface area is 121 Å². The molecule has 0 aliphatic carbocycles. The van der Waals surface area contributed by atoms with Crippen LogP contribution >= 0.6 is 11.6 Å². The van der Waals surface area contributed by atoms with Crippen molar-refractivity contribution in [2.45, 2.75) is 6.54 Å². The second-order valence-electron chi connectivity index (χ2n) is 4.45. The number of benzene rings is 2. The summed E-state index contributed by atoms with van der Waals surface area (Å²) in [7, 11) is 0. The lowest BCUT2D eigenvalue weighted by molar-refractivity contribution is 0.267. The van der Waals surface area contributed by atoms with Crippen LogP contribution in [0.15, 0.2) is 70.1 Å². The summed E-state index contributed by atoms with van der Waals surface area (Å²) in [6.07, 6.45) is 1.71. The smallest absolute Gasteiger partial charge is 0.335 e. The van der Waals surface area contributed by atoms with Gasteiger partial charge in [-0.25, -0.2) is 9.53 Å². The molecule has 4 heteroatoms. The van der Waals surface area contributed by atoms with Crippen molar-refractivity contribution in [1.29, 1.82) is 0 Å². The maximum Gasteiger partial charge on any atom is 0.365 e. The fourth-order valence-corrected chi connectivity index (χ4v) is 2.26.